The third-order valence-electron chi connectivity index (χ3n) is 2.36. The second-order valence-corrected chi connectivity index (χ2v) is 4.00. The fourth-order valence-corrected chi connectivity index (χ4v) is 1.31. The molecule has 0 spiro atoms. The molecule has 0 aromatic heterocycles. The first-order valence-corrected chi connectivity index (χ1v) is 5.27. The van der Waals surface area contributed by atoms with E-state index in [2.05, 4.69) is 0 Å². The molecular formula is C12H17FN2O. The maximum Gasteiger partial charge on any atom is 0.253 e. The van der Waals surface area contributed by atoms with E-state index in [1.165, 1.54) is 24.3 Å². The van der Waals surface area contributed by atoms with E-state index in [9.17, 15) is 9.18 Å². The minimum atomic E-state index is -0.338. The van der Waals surface area contributed by atoms with Crippen LogP contribution in [0.1, 0.15) is 23.7 Å². The zero-order chi connectivity index (χ0) is 12.1. The topological polar surface area (TPSA) is 46.3 Å². The Bertz CT molecular complexity index is 349. The molecule has 16 heavy (non-hydrogen) atoms. The Hall–Kier alpha value is -1.42. The van der Waals surface area contributed by atoms with Crippen LogP contribution in [0.2, 0.25) is 0 Å². The number of hydrogen-bond donors (Lipinski definition) is 1. The summed E-state index contributed by atoms with van der Waals surface area (Å²) in [5.41, 5.74) is 6.11. The van der Waals surface area contributed by atoms with Gasteiger partial charge in [-0.25, -0.2) is 4.39 Å². The Balaban J connectivity index is 2.60. The fourth-order valence-electron chi connectivity index (χ4n) is 1.31. The lowest BCUT2D eigenvalue weighted by molar-refractivity contribution is 0.0792. The first kappa shape index (κ1) is 12.6. The molecule has 0 heterocycles. The molecule has 1 aromatic rings. The fraction of sp³-hybridized carbons (Fsp3) is 0.417. The summed E-state index contributed by atoms with van der Waals surface area (Å²) in [6.45, 7) is 2.50. The van der Waals surface area contributed by atoms with Crippen LogP contribution in [-0.4, -0.2) is 30.4 Å². The Labute approximate surface area is 95.0 Å². The van der Waals surface area contributed by atoms with Crippen LogP contribution in [0.4, 0.5) is 4.39 Å². The summed E-state index contributed by atoms with van der Waals surface area (Å²) in [5.74, 6) is -0.449. The van der Waals surface area contributed by atoms with Crippen molar-refractivity contribution in [3.63, 3.8) is 0 Å². The van der Waals surface area contributed by atoms with Gasteiger partial charge < -0.3 is 10.6 Å². The zero-order valence-corrected chi connectivity index (χ0v) is 9.61. The van der Waals surface area contributed by atoms with E-state index in [1.807, 2.05) is 6.92 Å². The molecule has 1 aromatic carbocycles. The zero-order valence-electron chi connectivity index (χ0n) is 9.61. The molecule has 0 aliphatic heterocycles. The number of carbonyl (C=O) groups is 1. The molecule has 4 heteroatoms. The molecule has 88 valence electrons. The van der Waals surface area contributed by atoms with Crippen LogP contribution in [0.5, 0.6) is 0 Å². The maximum absolute atomic E-state index is 12.7. The van der Waals surface area contributed by atoms with Gasteiger partial charge in [-0.1, -0.05) is 0 Å². The van der Waals surface area contributed by atoms with Crippen molar-refractivity contribution in [3.05, 3.63) is 35.6 Å². The van der Waals surface area contributed by atoms with Gasteiger partial charge >= 0.3 is 0 Å². The molecule has 0 fully saturated rings. The van der Waals surface area contributed by atoms with Gasteiger partial charge in [0.1, 0.15) is 5.82 Å². The molecule has 3 nitrogen and oxygen atoms in total. The van der Waals surface area contributed by atoms with Crippen LogP contribution >= 0.6 is 0 Å². The summed E-state index contributed by atoms with van der Waals surface area (Å²) >= 11 is 0. The van der Waals surface area contributed by atoms with Crippen LogP contribution in [0.25, 0.3) is 0 Å². The van der Waals surface area contributed by atoms with E-state index in [-0.39, 0.29) is 17.8 Å². The van der Waals surface area contributed by atoms with E-state index in [1.54, 1.807) is 11.9 Å². The van der Waals surface area contributed by atoms with Gasteiger partial charge in [-0.15, -0.1) is 0 Å². The number of nitrogens with two attached hydrogens (primary N) is 1. The number of nitrogens with zero attached hydrogens (tertiary/aromatic N) is 1. The number of rotatable bonds is 4. The minimum absolute atomic E-state index is 0.0727. The van der Waals surface area contributed by atoms with Gasteiger partial charge in [0.25, 0.3) is 5.91 Å². The summed E-state index contributed by atoms with van der Waals surface area (Å²) in [5, 5.41) is 0. The molecule has 0 bridgehead atoms. The van der Waals surface area contributed by atoms with E-state index >= 15 is 0 Å². The number of carbonyl (C=O) groups excluding carboxylic acids is 1. The largest absolute Gasteiger partial charge is 0.342 e. The molecule has 1 unspecified atom stereocenters. The molecule has 1 rings (SSSR count). The minimum Gasteiger partial charge on any atom is -0.342 e. The number of benzene rings is 1. The lowest BCUT2D eigenvalue weighted by Crippen LogP contribution is -2.31. The van der Waals surface area contributed by atoms with Gasteiger partial charge in [-0.3, -0.25) is 4.79 Å². The third kappa shape index (κ3) is 3.62. The van der Waals surface area contributed by atoms with Crippen molar-refractivity contribution < 1.29 is 9.18 Å². The lowest BCUT2D eigenvalue weighted by atomic mass is 10.2. The highest BCUT2D eigenvalue weighted by molar-refractivity contribution is 5.93. The van der Waals surface area contributed by atoms with Crippen molar-refractivity contribution >= 4 is 5.91 Å². The van der Waals surface area contributed by atoms with E-state index < -0.39 is 0 Å². The highest BCUT2D eigenvalue weighted by atomic mass is 19.1. The molecule has 1 atom stereocenters. The Morgan fingerprint density at radius 2 is 2.00 bits per heavy atom. The SMILES string of the molecule is CC(N)CCN(C)C(=O)c1ccc(F)cc1. The molecule has 0 aliphatic rings. The van der Waals surface area contributed by atoms with Gasteiger partial charge in [-0.2, -0.15) is 0 Å². The van der Waals surface area contributed by atoms with Gasteiger partial charge in [0.05, 0.1) is 0 Å². The molecule has 0 aliphatic carbocycles. The summed E-state index contributed by atoms with van der Waals surface area (Å²) < 4.78 is 12.7. The smallest absolute Gasteiger partial charge is 0.253 e. The number of hydrogen-bond acceptors (Lipinski definition) is 2. The summed E-state index contributed by atoms with van der Waals surface area (Å²) in [7, 11) is 1.72. The molecule has 1 amide bonds. The number of halogens is 1. The average molecular weight is 224 g/mol. The van der Waals surface area contributed by atoms with Crippen LogP contribution in [-0.2, 0) is 0 Å². The number of amides is 1. The Kier molecular flexibility index (Phi) is 4.43. The maximum atomic E-state index is 12.7. The Morgan fingerprint density at radius 3 is 2.50 bits per heavy atom. The third-order valence-corrected chi connectivity index (χ3v) is 2.36. The van der Waals surface area contributed by atoms with Crippen molar-refractivity contribution in [1.82, 2.24) is 4.90 Å². The lowest BCUT2D eigenvalue weighted by Gasteiger charge is -2.18. The first-order chi connectivity index (χ1) is 7.50. The first-order valence-electron chi connectivity index (χ1n) is 5.27. The predicted octanol–water partition coefficient (Wildman–Crippen LogP) is 1.64. The quantitative estimate of drug-likeness (QED) is 0.845. The molecule has 2 N–H and O–H groups in total. The highest BCUT2D eigenvalue weighted by Crippen LogP contribution is 2.06. The highest BCUT2D eigenvalue weighted by Gasteiger charge is 2.11. The van der Waals surface area contributed by atoms with Crippen LogP contribution in [0.15, 0.2) is 24.3 Å². The van der Waals surface area contributed by atoms with E-state index in [0.717, 1.165) is 6.42 Å². The average Bonchev–Trinajstić information content (AvgIpc) is 2.26. The van der Waals surface area contributed by atoms with Crippen LogP contribution in [0.3, 0.4) is 0 Å². The van der Waals surface area contributed by atoms with Gasteiger partial charge in [-0.05, 0) is 37.6 Å². The normalized spacial score (nSPS) is 12.2. The molecule has 0 radical (unpaired) electrons. The van der Waals surface area contributed by atoms with Crippen molar-refractivity contribution in [2.45, 2.75) is 19.4 Å². The predicted molar refractivity (Wildman–Crippen MR) is 61.6 cm³/mol. The molecule has 0 saturated carbocycles. The standard InChI is InChI=1S/C12H17FN2O/c1-9(14)7-8-15(2)12(16)10-3-5-11(13)6-4-10/h3-6,9H,7-8,14H2,1-2H3. The molecule has 0 saturated heterocycles. The van der Waals surface area contributed by atoms with Crippen molar-refractivity contribution in [2.75, 3.05) is 13.6 Å². The van der Waals surface area contributed by atoms with Crippen LogP contribution in [0, 0.1) is 5.82 Å². The summed E-state index contributed by atoms with van der Waals surface area (Å²) in [4.78, 5) is 13.4. The van der Waals surface area contributed by atoms with Gasteiger partial charge in [0, 0.05) is 25.2 Å². The summed E-state index contributed by atoms with van der Waals surface area (Å²) in [6, 6.07) is 5.61. The van der Waals surface area contributed by atoms with Gasteiger partial charge in [0.2, 0.25) is 0 Å². The van der Waals surface area contributed by atoms with Crippen molar-refractivity contribution in [1.29, 1.82) is 0 Å². The van der Waals surface area contributed by atoms with Crippen LogP contribution < -0.4 is 5.73 Å². The van der Waals surface area contributed by atoms with Crippen molar-refractivity contribution in [3.8, 4) is 0 Å². The van der Waals surface area contributed by atoms with Gasteiger partial charge in [0.15, 0.2) is 0 Å². The van der Waals surface area contributed by atoms with E-state index in [0.29, 0.717) is 12.1 Å². The Morgan fingerprint density at radius 1 is 1.44 bits per heavy atom. The second kappa shape index (κ2) is 5.61. The van der Waals surface area contributed by atoms with Crippen molar-refractivity contribution in [2.24, 2.45) is 5.73 Å². The summed E-state index contributed by atoms with van der Waals surface area (Å²) in [6.07, 6.45) is 0.753. The second-order valence-electron chi connectivity index (χ2n) is 4.00. The van der Waals surface area contributed by atoms with E-state index in [4.69, 9.17) is 5.73 Å². The monoisotopic (exact) mass is 224 g/mol. The molecular weight excluding hydrogens is 207 g/mol.